The summed E-state index contributed by atoms with van der Waals surface area (Å²) in [7, 11) is 0. The van der Waals surface area contributed by atoms with E-state index in [0.717, 1.165) is 25.7 Å². The van der Waals surface area contributed by atoms with Crippen LogP contribution in [0.25, 0.3) is 0 Å². The van der Waals surface area contributed by atoms with E-state index < -0.39 is 11.9 Å². The average Bonchev–Trinajstić information content (AvgIpc) is 2.91. The van der Waals surface area contributed by atoms with Crippen LogP contribution in [0.15, 0.2) is 18.2 Å². The number of rotatable bonds is 5. The molecule has 2 rings (SSSR count). The number of amides is 1. The highest BCUT2D eigenvalue weighted by atomic mass is 19.1. The zero-order chi connectivity index (χ0) is 15.4. The van der Waals surface area contributed by atoms with Crippen LogP contribution in [0.3, 0.4) is 0 Å². The molecular formula is C16H23FN2O2. The SMILES string of the molecule is CC(Oc1ccc(C(C)N)c(F)c1)C(=O)NC1CCCC1. The van der Waals surface area contributed by atoms with E-state index >= 15 is 0 Å². The summed E-state index contributed by atoms with van der Waals surface area (Å²) < 4.78 is 19.3. The van der Waals surface area contributed by atoms with Crippen LogP contribution in [-0.2, 0) is 4.79 Å². The molecule has 2 atom stereocenters. The summed E-state index contributed by atoms with van der Waals surface area (Å²) in [5.41, 5.74) is 6.10. The molecule has 5 heteroatoms. The first-order valence-electron chi connectivity index (χ1n) is 7.49. The second kappa shape index (κ2) is 6.89. The maximum absolute atomic E-state index is 13.8. The molecule has 4 nitrogen and oxygen atoms in total. The molecule has 1 amide bonds. The van der Waals surface area contributed by atoms with Gasteiger partial charge in [0, 0.05) is 23.7 Å². The third-order valence-corrected chi connectivity index (χ3v) is 3.85. The van der Waals surface area contributed by atoms with Gasteiger partial charge in [0.1, 0.15) is 11.6 Å². The molecule has 1 aliphatic rings. The standard InChI is InChI=1S/C16H23FN2O2/c1-10(18)14-8-7-13(9-15(14)17)21-11(2)16(20)19-12-5-3-4-6-12/h7-12H,3-6,18H2,1-2H3,(H,19,20). The highest BCUT2D eigenvalue weighted by molar-refractivity contribution is 5.81. The summed E-state index contributed by atoms with van der Waals surface area (Å²) in [5, 5.41) is 2.97. The predicted molar refractivity (Wildman–Crippen MR) is 79.5 cm³/mol. The van der Waals surface area contributed by atoms with Gasteiger partial charge in [-0.05, 0) is 32.8 Å². The van der Waals surface area contributed by atoms with Gasteiger partial charge in [0.2, 0.25) is 0 Å². The maximum Gasteiger partial charge on any atom is 0.260 e. The van der Waals surface area contributed by atoms with Gasteiger partial charge in [-0.25, -0.2) is 4.39 Å². The third kappa shape index (κ3) is 4.17. The molecule has 116 valence electrons. The van der Waals surface area contributed by atoms with Crippen LogP contribution in [0.5, 0.6) is 5.75 Å². The van der Waals surface area contributed by atoms with Crippen molar-refractivity contribution >= 4 is 5.91 Å². The number of carbonyl (C=O) groups is 1. The zero-order valence-electron chi connectivity index (χ0n) is 12.6. The van der Waals surface area contributed by atoms with Crippen LogP contribution in [-0.4, -0.2) is 18.1 Å². The summed E-state index contributed by atoms with van der Waals surface area (Å²) in [5.74, 6) is -0.226. The zero-order valence-corrected chi connectivity index (χ0v) is 12.6. The van der Waals surface area contributed by atoms with Gasteiger partial charge < -0.3 is 15.8 Å². The van der Waals surface area contributed by atoms with E-state index in [4.69, 9.17) is 10.5 Å². The van der Waals surface area contributed by atoms with E-state index in [1.165, 1.54) is 6.07 Å². The molecule has 2 unspecified atom stereocenters. The molecule has 1 fully saturated rings. The first kappa shape index (κ1) is 15.8. The summed E-state index contributed by atoms with van der Waals surface area (Å²) in [4.78, 5) is 12.0. The Morgan fingerprint density at radius 1 is 1.38 bits per heavy atom. The number of nitrogens with one attached hydrogen (secondary N) is 1. The highest BCUT2D eigenvalue weighted by Crippen LogP contribution is 2.22. The van der Waals surface area contributed by atoms with Gasteiger partial charge in [0.15, 0.2) is 6.10 Å². The Kier molecular flexibility index (Phi) is 5.17. The normalized spacial score (nSPS) is 18.3. The van der Waals surface area contributed by atoms with Crippen LogP contribution < -0.4 is 15.8 Å². The van der Waals surface area contributed by atoms with Gasteiger partial charge in [-0.15, -0.1) is 0 Å². The van der Waals surface area contributed by atoms with Crippen molar-refractivity contribution in [2.45, 2.75) is 57.7 Å². The molecule has 21 heavy (non-hydrogen) atoms. The quantitative estimate of drug-likeness (QED) is 0.877. The molecule has 0 spiro atoms. The van der Waals surface area contributed by atoms with Crippen LogP contribution >= 0.6 is 0 Å². The fourth-order valence-corrected chi connectivity index (χ4v) is 2.60. The lowest BCUT2D eigenvalue weighted by Crippen LogP contribution is -2.41. The largest absolute Gasteiger partial charge is 0.481 e. The van der Waals surface area contributed by atoms with Crippen molar-refractivity contribution in [1.82, 2.24) is 5.32 Å². The van der Waals surface area contributed by atoms with Crippen molar-refractivity contribution < 1.29 is 13.9 Å². The number of ether oxygens (including phenoxy) is 1. The Morgan fingerprint density at radius 3 is 2.62 bits per heavy atom. The number of benzene rings is 1. The van der Waals surface area contributed by atoms with Gasteiger partial charge in [0.05, 0.1) is 0 Å². The predicted octanol–water partition coefficient (Wildman–Crippen LogP) is 2.67. The van der Waals surface area contributed by atoms with Gasteiger partial charge in [0.25, 0.3) is 5.91 Å². The second-order valence-electron chi connectivity index (χ2n) is 5.72. The number of hydrogen-bond acceptors (Lipinski definition) is 3. The van der Waals surface area contributed by atoms with Crippen molar-refractivity contribution in [2.75, 3.05) is 0 Å². The third-order valence-electron chi connectivity index (χ3n) is 3.85. The van der Waals surface area contributed by atoms with E-state index in [0.29, 0.717) is 11.3 Å². The lowest BCUT2D eigenvalue weighted by molar-refractivity contribution is -0.127. The molecule has 0 aromatic heterocycles. The van der Waals surface area contributed by atoms with E-state index in [1.54, 1.807) is 26.0 Å². The molecule has 0 bridgehead atoms. The number of nitrogens with two attached hydrogens (primary N) is 1. The summed E-state index contributed by atoms with van der Waals surface area (Å²) in [6, 6.07) is 4.39. The molecule has 0 aliphatic heterocycles. The minimum Gasteiger partial charge on any atom is -0.481 e. The smallest absolute Gasteiger partial charge is 0.260 e. The van der Waals surface area contributed by atoms with Crippen molar-refractivity contribution in [3.63, 3.8) is 0 Å². The van der Waals surface area contributed by atoms with Crippen molar-refractivity contribution in [3.05, 3.63) is 29.6 Å². The minimum atomic E-state index is -0.647. The van der Waals surface area contributed by atoms with Crippen LogP contribution in [0.2, 0.25) is 0 Å². The summed E-state index contributed by atoms with van der Waals surface area (Å²) in [6.45, 7) is 3.39. The van der Waals surface area contributed by atoms with E-state index in [2.05, 4.69) is 5.32 Å². The van der Waals surface area contributed by atoms with Gasteiger partial charge in [-0.1, -0.05) is 18.9 Å². The number of carbonyl (C=O) groups excluding carboxylic acids is 1. The van der Waals surface area contributed by atoms with Crippen LogP contribution in [0.4, 0.5) is 4.39 Å². The van der Waals surface area contributed by atoms with E-state index in [1.807, 2.05) is 0 Å². The van der Waals surface area contributed by atoms with E-state index in [9.17, 15) is 9.18 Å². The lowest BCUT2D eigenvalue weighted by Gasteiger charge is -2.18. The molecule has 1 saturated carbocycles. The topological polar surface area (TPSA) is 64.3 Å². The Morgan fingerprint density at radius 2 is 2.05 bits per heavy atom. The second-order valence-corrected chi connectivity index (χ2v) is 5.72. The molecule has 0 heterocycles. The maximum atomic E-state index is 13.8. The van der Waals surface area contributed by atoms with Crippen molar-refractivity contribution in [3.8, 4) is 5.75 Å². The van der Waals surface area contributed by atoms with Crippen molar-refractivity contribution in [1.29, 1.82) is 0 Å². The number of hydrogen-bond donors (Lipinski definition) is 2. The van der Waals surface area contributed by atoms with Crippen LogP contribution in [0, 0.1) is 5.82 Å². The van der Waals surface area contributed by atoms with Gasteiger partial charge in [-0.3, -0.25) is 4.79 Å². The fraction of sp³-hybridized carbons (Fsp3) is 0.562. The van der Waals surface area contributed by atoms with E-state index in [-0.39, 0.29) is 18.0 Å². The molecule has 0 radical (unpaired) electrons. The number of halogens is 1. The molecule has 1 aromatic rings. The van der Waals surface area contributed by atoms with Crippen molar-refractivity contribution in [2.24, 2.45) is 5.73 Å². The average molecular weight is 294 g/mol. The molecular weight excluding hydrogens is 271 g/mol. The highest BCUT2D eigenvalue weighted by Gasteiger charge is 2.22. The summed E-state index contributed by atoms with van der Waals surface area (Å²) in [6.07, 6.45) is 3.71. The first-order valence-corrected chi connectivity index (χ1v) is 7.49. The molecule has 0 saturated heterocycles. The van der Waals surface area contributed by atoms with Crippen LogP contribution in [0.1, 0.15) is 51.1 Å². The Bertz CT molecular complexity index is 499. The van der Waals surface area contributed by atoms with Gasteiger partial charge >= 0.3 is 0 Å². The fourth-order valence-electron chi connectivity index (χ4n) is 2.60. The minimum absolute atomic E-state index is 0.154. The molecule has 3 N–H and O–H groups in total. The Labute approximate surface area is 124 Å². The Hall–Kier alpha value is -1.62. The monoisotopic (exact) mass is 294 g/mol. The molecule has 1 aliphatic carbocycles. The molecule has 1 aromatic carbocycles. The Balaban J connectivity index is 1.93. The first-order chi connectivity index (χ1) is 9.97. The summed E-state index contributed by atoms with van der Waals surface area (Å²) >= 11 is 0. The lowest BCUT2D eigenvalue weighted by atomic mass is 10.1. The van der Waals surface area contributed by atoms with Gasteiger partial charge in [-0.2, -0.15) is 0 Å².